The zero-order chi connectivity index (χ0) is 15.5. The molecule has 2 aromatic rings. The fraction of sp³-hybridized carbons (Fsp3) is 0.250. The molecule has 0 spiro atoms. The summed E-state index contributed by atoms with van der Waals surface area (Å²) < 4.78 is 43.5. The standard InChI is InChI=1S/C16H14ClF3O/c1-11-5-6-15(13(7-11)9-17)21-10-12-3-2-4-14(8-12)16(18,19)20/h2-8H,9-10H2,1H3. The van der Waals surface area contributed by atoms with Gasteiger partial charge in [0.15, 0.2) is 0 Å². The largest absolute Gasteiger partial charge is 0.489 e. The van der Waals surface area contributed by atoms with Crippen LogP contribution in [-0.2, 0) is 18.7 Å². The highest BCUT2D eigenvalue weighted by Crippen LogP contribution is 2.30. The van der Waals surface area contributed by atoms with E-state index in [1.165, 1.54) is 6.07 Å². The van der Waals surface area contributed by atoms with Crippen LogP contribution in [0.15, 0.2) is 42.5 Å². The first-order valence-electron chi connectivity index (χ1n) is 6.34. The van der Waals surface area contributed by atoms with Crippen molar-refractivity contribution >= 4 is 11.6 Å². The minimum Gasteiger partial charge on any atom is -0.489 e. The van der Waals surface area contributed by atoms with E-state index < -0.39 is 11.7 Å². The summed E-state index contributed by atoms with van der Waals surface area (Å²) >= 11 is 5.84. The van der Waals surface area contributed by atoms with Crippen LogP contribution in [0.4, 0.5) is 13.2 Å². The Hall–Kier alpha value is -1.68. The Morgan fingerprint density at radius 3 is 2.52 bits per heavy atom. The lowest BCUT2D eigenvalue weighted by atomic mass is 10.1. The molecule has 0 atom stereocenters. The normalized spacial score (nSPS) is 11.5. The quantitative estimate of drug-likeness (QED) is 0.693. The molecule has 1 nitrogen and oxygen atoms in total. The van der Waals surface area contributed by atoms with E-state index in [4.69, 9.17) is 16.3 Å². The van der Waals surface area contributed by atoms with Crippen molar-refractivity contribution in [1.82, 2.24) is 0 Å². The van der Waals surface area contributed by atoms with Gasteiger partial charge in [0, 0.05) is 5.56 Å². The second-order valence-corrected chi connectivity index (χ2v) is 5.00. The first-order valence-corrected chi connectivity index (χ1v) is 6.88. The molecule has 0 saturated heterocycles. The van der Waals surface area contributed by atoms with Crippen LogP contribution < -0.4 is 4.74 Å². The molecule has 0 N–H and O–H groups in total. The lowest BCUT2D eigenvalue weighted by Gasteiger charge is -2.12. The summed E-state index contributed by atoms with van der Waals surface area (Å²) in [7, 11) is 0. The van der Waals surface area contributed by atoms with Gasteiger partial charge >= 0.3 is 6.18 Å². The predicted octanol–water partition coefficient (Wildman–Crippen LogP) is 5.33. The van der Waals surface area contributed by atoms with Crippen LogP contribution >= 0.6 is 11.6 Å². The van der Waals surface area contributed by atoms with Crippen LogP contribution in [0.25, 0.3) is 0 Å². The molecule has 0 aliphatic heterocycles. The third-order valence-corrected chi connectivity index (χ3v) is 3.30. The molecule has 2 aromatic carbocycles. The van der Waals surface area contributed by atoms with Crippen molar-refractivity contribution in [1.29, 1.82) is 0 Å². The van der Waals surface area contributed by atoms with Crippen LogP contribution in [-0.4, -0.2) is 0 Å². The molecule has 0 aliphatic carbocycles. The number of rotatable bonds is 4. The van der Waals surface area contributed by atoms with Crippen molar-refractivity contribution < 1.29 is 17.9 Å². The average Bonchev–Trinajstić information content (AvgIpc) is 2.45. The molecule has 2 rings (SSSR count). The zero-order valence-corrected chi connectivity index (χ0v) is 12.1. The van der Waals surface area contributed by atoms with Gasteiger partial charge in [0.25, 0.3) is 0 Å². The highest BCUT2D eigenvalue weighted by Gasteiger charge is 2.30. The third kappa shape index (κ3) is 4.14. The molecule has 0 heterocycles. The molecule has 0 amide bonds. The number of ether oxygens (including phenoxy) is 1. The van der Waals surface area contributed by atoms with E-state index >= 15 is 0 Å². The van der Waals surface area contributed by atoms with Crippen molar-refractivity contribution in [3.05, 3.63) is 64.7 Å². The number of hydrogen-bond donors (Lipinski definition) is 0. The molecular weight excluding hydrogens is 301 g/mol. The Kier molecular flexibility index (Phi) is 4.78. The SMILES string of the molecule is Cc1ccc(OCc2cccc(C(F)(F)F)c2)c(CCl)c1. The van der Waals surface area contributed by atoms with E-state index in [0.717, 1.165) is 23.3 Å². The van der Waals surface area contributed by atoms with Crippen LogP contribution in [0.1, 0.15) is 22.3 Å². The van der Waals surface area contributed by atoms with E-state index in [2.05, 4.69) is 0 Å². The van der Waals surface area contributed by atoms with E-state index in [-0.39, 0.29) is 6.61 Å². The highest BCUT2D eigenvalue weighted by molar-refractivity contribution is 6.17. The lowest BCUT2D eigenvalue weighted by molar-refractivity contribution is -0.137. The first-order chi connectivity index (χ1) is 9.90. The number of aryl methyl sites for hydroxylation is 1. The predicted molar refractivity (Wildman–Crippen MR) is 76.5 cm³/mol. The second kappa shape index (κ2) is 6.39. The third-order valence-electron chi connectivity index (χ3n) is 3.01. The summed E-state index contributed by atoms with van der Waals surface area (Å²) in [6, 6.07) is 10.7. The summed E-state index contributed by atoms with van der Waals surface area (Å²) in [6.45, 7) is 2.00. The molecule has 0 radical (unpaired) electrons. The summed E-state index contributed by atoms with van der Waals surface area (Å²) in [6.07, 6.45) is -4.35. The highest BCUT2D eigenvalue weighted by atomic mass is 35.5. The number of hydrogen-bond acceptors (Lipinski definition) is 1. The van der Waals surface area contributed by atoms with E-state index in [1.807, 2.05) is 19.1 Å². The summed E-state index contributed by atoms with van der Waals surface area (Å²) in [5, 5.41) is 0. The van der Waals surface area contributed by atoms with Crippen LogP contribution in [0, 0.1) is 6.92 Å². The minimum absolute atomic E-state index is 0.0663. The molecular formula is C16H14ClF3O. The molecule has 112 valence electrons. The fourth-order valence-corrected chi connectivity index (χ4v) is 2.16. The van der Waals surface area contributed by atoms with Gasteiger partial charge in [-0.3, -0.25) is 0 Å². The molecule has 5 heteroatoms. The van der Waals surface area contributed by atoms with Gasteiger partial charge < -0.3 is 4.74 Å². The van der Waals surface area contributed by atoms with E-state index in [9.17, 15) is 13.2 Å². The molecule has 0 bridgehead atoms. The monoisotopic (exact) mass is 314 g/mol. The summed E-state index contributed by atoms with van der Waals surface area (Å²) in [5.41, 5.74) is 1.66. The smallest absolute Gasteiger partial charge is 0.416 e. The van der Waals surface area contributed by atoms with Gasteiger partial charge in [-0.2, -0.15) is 13.2 Å². The Morgan fingerprint density at radius 2 is 1.86 bits per heavy atom. The maximum Gasteiger partial charge on any atom is 0.416 e. The van der Waals surface area contributed by atoms with Crippen molar-refractivity contribution in [2.45, 2.75) is 25.6 Å². The maximum absolute atomic E-state index is 12.6. The van der Waals surface area contributed by atoms with Crippen molar-refractivity contribution in [3.63, 3.8) is 0 Å². The summed E-state index contributed by atoms with van der Waals surface area (Å²) in [4.78, 5) is 0. The van der Waals surface area contributed by atoms with Crippen LogP contribution in [0.5, 0.6) is 5.75 Å². The van der Waals surface area contributed by atoms with Gasteiger partial charge in [-0.1, -0.05) is 29.8 Å². The first kappa shape index (κ1) is 15.7. The van der Waals surface area contributed by atoms with Crippen molar-refractivity contribution in [2.24, 2.45) is 0 Å². The van der Waals surface area contributed by atoms with Crippen molar-refractivity contribution in [3.8, 4) is 5.75 Å². The topological polar surface area (TPSA) is 9.23 Å². The number of halogens is 4. The molecule has 21 heavy (non-hydrogen) atoms. The van der Waals surface area contributed by atoms with Gasteiger partial charge in [0.1, 0.15) is 12.4 Å². The van der Waals surface area contributed by atoms with Gasteiger partial charge in [-0.25, -0.2) is 0 Å². The van der Waals surface area contributed by atoms with Gasteiger partial charge in [0.2, 0.25) is 0 Å². The Morgan fingerprint density at radius 1 is 1.10 bits per heavy atom. The minimum atomic E-state index is -4.35. The lowest BCUT2D eigenvalue weighted by Crippen LogP contribution is -2.06. The molecule has 0 unspecified atom stereocenters. The Balaban J connectivity index is 2.13. The second-order valence-electron chi connectivity index (χ2n) is 4.73. The molecule has 0 fully saturated rings. The van der Waals surface area contributed by atoms with Gasteiger partial charge in [-0.15, -0.1) is 11.6 Å². The molecule has 0 saturated carbocycles. The average molecular weight is 315 g/mol. The van der Waals surface area contributed by atoms with Crippen LogP contribution in [0.3, 0.4) is 0 Å². The summed E-state index contributed by atoms with van der Waals surface area (Å²) in [5.74, 6) is 0.882. The Bertz CT molecular complexity index is 623. The number of benzene rings is 2. The maximum atomic E-state index is 12.6. The van der Waals surface area contributed by atoms with Gasteiger partial charge in [-0.05, 0) is 30.7 Å². The number of alkyl halides is 4. The molecule has 0 aliphatic rings. The van der Waals surface area contributed by atoms with Crippen LogP contribution in [0.2, 0.25) is 0 Å². The van der Waals surface area contributed by atoms with Gasteiger partial charge in [0.05, 0.1) is 11.4 Å². The Labute approximate surface area is 126 Å². The zero-order valence-electron chi connectivity index (χ0n) is 11.4. The fourth-order valence-electron chi connectivity index (χ4n) is 1.95. The van der Waals surface area contributed by atoms with Crippen molar-refractivity contribution in [2.75, 3.05) is 0 Å². The van der Waals surface area contributed by atoms with E-state index in [0.29, 0.717) is 17.2 Å². The molecule has 0 aromatic heterocycles. The van der Waals surface area contributed by atoms with E-state index in [1.54, 1.807) is 12.1 Å².